The van der Waals surface area contributed by atoms with E-state index in [1.807, 2.05) is 13.8 Å². The van der Waals surface area contributed by atoms with Crippen molar-refractivity contribution in [3.05, 3.63) is 0 Å². The Balaban J connectivity index is 2.56. The molecule has 0 saturated heterocycles. The lowest BCUT2D eigenvalue weighted by atomic mass is 9.65. The molecule has 1 aliphatic rings. The first-order valence-electron chi connectivity index (χ1n) is 4.18. The molecule has 0 aliphatic heterocycles. The minimum atomic E-state index is -0.167. The molecule has 1 saturated carbocycles. The predicted molar refractivity (Wildman–Crippen MR) is 46.8 cm³/mol. The van der Waals surface area contributed by atoms with Gasteiger partial charge in [-0.1, -0.05) is 20.3 Å². The number of hydrogen-bond donors (Lipinski definition) is 0. The lowest BCUT2D eigenvalue weighted by Gasteiger charge is -2.38. The summed E-state index contributed by atoms with van der Waals surface area (Å²) in [5.74, 6) is 0.960. The van der Waals surface area contributed by atoms with Crippen molar-refractivity contribution in [1.29, 1.82) is 0 Å². The maximum atomic E-state index is 11.3. The van der Waals surface area contributed by atoms with Gasteiger partial charge in [-0.05, 0) is 18.8 Å². The van der Waals surface area contributed by atoms with Crippen LogP contribution in [0.15, 0.2) is 0 Å². The van der Waals surface area contributed by atoms with Crippen LogP contribution in [0, 0.1) is 11.3 Å². The molecule has 0 bridgehead atoms. The lowest BCUT2D eigenvalue weighted by Crippen LogP contribution is -2.37. The smallest absolute Gasteiger partial charge is 0.153 e. The van der Waals surface area contributed by atoms with Crippen molar-refractivity contribution in [2.24, 2.45) is 11.3 Å². The summed E-state index contributed by atoms with van der Waals surface area (Å²) in [5.41, 5.74) is -0.167. The van der Waals surface area contributed by atoms with Crippen LogP contribution >= 0.6 is 11.6 Å². The normalized spacial score (nSPS) is 19.5. The van der Waals surface area contributed by atoms with Gasteiger partial charge in [0.15, 0.2) is 5.78 Å². The maximum absolute atomic E-state index is 11.3. The Hall–Kier alpha value is -0.0400. The van der Waals surface area contributed by atoms with E-state index in [0.29, 0.717) is 5.92 Å². The summed E-state index contributed by atoms with van der Waals surface area (Å²) in [6.07, 6.45) is 3.69. The van der Waals surface area contributed by atoms with Crippen LogP contribution in [0.1, 0.15) is 33.1 Å². The number of hydrogen-bond acceptors (Lipinski definition) is 1. The molecule has 1 nitrogen and oxygen atoms in total. The average Bonchev–Trinajstić information content (AvgIpc) is 1.81. The van der Waals surface area contributed by atoms with Crippen LogP contribution in [0.5, 0.6) is 0 Å². The second-order valence-electron chi connectivity index (χ2n) is 3.91. The zero-order valence-electron chi connectivity index (χ0n) is 7.19. The van der Waals surface area contributed by atoms with E-state index >= 15 is 0 Å². The second kappa shape index (κ2) is 3.14. The minimum absolute atomic E-state index is 0.167. The van der Waals surface area contributed by atoms with E-state index < -0.39 is 0 Å². The zero-order chi connectivity index (χ0) is 8.48. The van der Waals surface area contributed by atoms with Gasteiger partial charge in [-0.25, -0.2) is 0 Å². The van der Waals surface area contributed by atoms with Crippen molar-refractivity contribution in [3.8, 4) is 0 Å². The van der Waals surface area contributed by atoms with Crippen LogP contribution in [0.2, 0.25) is 0 Å². The topological polar surface area (TPSA) is 17.1 Å². The molecule has 0 atom stereocenters. The number of alkyl halides is 1. The Morgan fingerprint density at radius 3 is 2.36 bits per heavy atom. The molecule has 2 heteroatoms. The minimum Gasteiger partial charge on any atom is -0.298 e. The molecule has 0 aromatic rings. The molecule has 0 aromatic heterocycles. The van der Waals surface area contributed by atoms with Crippen LogP contribution in [0.3, 0.4) is 0 Å². The summed E-state index contributed by atoms with van der Waals surface area (Å²) in [7, 11) is 0. The highest BCUT2D eigenvalue weighted by molar-refractivity contribution is 6.28. The fraction of sp³-hybridized carbons (Fsp3) is 0.889. The lowest BCUT2D eigenvalue weighted by molar-refractivity contribution is -0.129. The van der Waals surface area contributed by atoms with Gasteiger partial charge >= 0.3 is 0 Å². The quantitative estimate of drug-likeness (QED) is 0.602. The highest BCUT2D eigenvalue weighted by Gasteiger charge is 2.38. The van der Waals surface area contributed by atoms with E-state index in [9.17, 15) is 4.79 Å². The van der Waals surface area contributed by atoms with Crippen molar-refractivity contribution in [2.75, 3.05) is 5.88 Å². The molecule has 1 fully saturated rings. The molecule has 64 valence electrons. The Labute approximate surface area is 73.1 Å². The van der Waals surface area contributed by atoms with Crippen molar-refractivity contribution < 1.29 is 4.79 Å². The molecule has 0 amide bonds. The summed E-state index contributed by atoms with van der Waals surface area (Å²) in [6, 6.07) is 0. The van der Waals surface area contributed by atoms with Crippen molar-refractivity contribution in [1.82, 2.24) is 0 Å². The van der Waals surface area contributed by atoms with Crippen LogP contribution in [0.4, 0.5) is 0 Å². The van der Waals surface area contributed by atoms with Gasteiger partial charge in [0.05, 0.1) is 5.88 Å². The number of carbonyl (C=O) groups is 1. The molecule has 0 heterocycles. The van der Waals surface area contributed by atoms with E-state index in [-0.39, 0.29) is 17.1 Å². The molecule has 0 unspecified atom stereocenters. The third kappa shape index (κ3) is 1.58. The molecule has 1 rings (SSSR count). The van der Waals surface area contributed by atoms with Gasteiger partial charge in [0.2, 0.25) is 0 Å². The third-order valence-corrected chi connectivity index (χ3v) is 3.21. The first-order valence-corrected chi connectivity index (χ1v) is 4.71. The largest absolute Gasteiger partial charge is 0.298 e. The summed E-state index contributed by atoms with van der Waals surface area (Å²) in [6.45, 7) is 4.03. The fourth-order valence-electron chi connectivity index (χ4n) is 1.53. The highest BCUT2D eigenvalue weighted by atomic mass is 35.5. The first kappa shape index (κ1) is 9.05. The monoisotopic (exact) mass is 174 g/mol. The van der Waals surface area contributed by atoms with E-state index in [1.165, 1.54) is 19.3 Å². The predicted octanol–water partition coefficient (Wildman–Crippen LogP) is 2.62. The number of carbonyl (C=O) groups excluding carboxylic acids is 1. The Morgan fingerprint density at radius 2 is 2.09 bits per heavy atom. The van der Waals surface area contributed by atoms with E-state index in [1.54, 1.807) is 0 Å². The molecule has 0 spiro atoms. The fourth-order valence-corrected chi connectivity index (χ4v) is 1.87. The number of ketones is 1. The second-order valence-corrected chi connectivity index (χ2v) is 4.17. The van der Waals surface area contributed by atoms with Crippen LogP contribution in [0.25, 0.3) is 0 Å². The molecular formula is C9H15ClO. The van der Waals surface area contributed by atoms with Gasteiger partial charge in [0.1, 0.15) is 0 Å². The van der Waals surface area contributed by atoms with Gasteiger partial charge in [-0.15, -0.1) is 11.6 Å². The van der Waals surface area contributed by atoms with E-state index in [2.05, 4.69) is 0 Å². The van der Waals surface area contributed by atoms with E-state index in [0.717, 1.165) is 0 Å². The molecular weight excluding hydrogens is 160 g/mol. The summed E-state index contributed by atoms with van der Waals surface area (Å²) < 4.78 is 0. The molecule has 0 N–H and O–H groups in total. The van der Waals surface area contributed by atoms with Crippen molar-refractivity contribution >= 4 is 17.4 Å². The highest BCUT2D eigenvalue weighted by Crippen LogP contribution is 2.42. The molecule has 1 aliphatic carbocycles. The Kier molecular flexibility index (Phi) is 2.58. The SMILES string of the molecule is CC(C)(C(=O)CCl)C1CCC1. The van der Waals surface area contributed by atoms with Crippen molar-refractivity contribution in [2.45, 2.75) is 33.1 Å². The molecule has 0 aromatic carbocycles. The standard InChI is InChI=1S/C9H15ClO/c1-9(2,8(11)6-10)7-4-3-5-7/h7H,3-6H2,1-2H3. The number of rotatable bonds is 3. The number of Topliss-reactive ketones (excluding diaryl/α,β-unsaturated/α-hetero) is 1. The Bertz CT molecular complexity index is 159. The van der Waals surface area contributed by atoms with Gasteiger partial charge < -0.3 is 0 Å². The van der Waals surface area contributed by atoms with Gasteiger partial charge in [-0.2, -0.15) is 0 Å². The molecule has 0 radical (unpaired) electrons. The number of halogens is 1. The third-order valence-electron chi connectivity index (χ3n) is 2.97. The van der Waals surface area contributed by atoms with Gasteiger partial charge in [0.25, 0.3) is 0 Å². The summed E-state index contributed by atoms with van der Waals surface area (Å²) in [4.78, 5) is 11.3. The van der Waals surface area contributed by atoms with E-state index in [4.69, 9.17) is 11.6 Å². The van der Waals surface area contributed by atoms with Gasteiger partial charge in [0, 0.05) is 5.41 Å². The maximum Gasteiger partial charge on any atom is 0.153 e. The molecule has 11 heavy (non-hydrogen) atoms. The zero-order valence-corrected chi connectivity index (χ0v) is 7.95. The van der Waals surface area contributed by atoms with Gasteiger partial charge in [-0.3, -0.25) is 4.79 Å². The van der Waals surface area contributed by atoms with Crippen LogP contribution in [-0.4, -0.2) is 11.7 Å². The summed E-state index contributed by atoms with van der Waals surface area (Å²) >= 11 is 5.51. The van der Waals surface area contributed by atoms with Crippen molar-refractivity contribution in [3.63, 3.8) is 0 Å². The van der Waals surface area contributed by atoms with Crippen LogP contribution < -0.4 is 0 Å². The first-order chi connectivity index (χ1) is 5.09. The Morgan fingerprint density at radius 1 is 1.55 bits per heavy atom. The van der Waals surface area contributed by atoms with Crippen LogP contribution in [-0.2, 0) is 4.79 Å². The average molecular weight is 175 g/mol. The summed E-state index contributed by atoms with van der Waals surface area (Å²) in [5, 5.41) is 0.